The normalized spacial score (nSPS) is 9.45. The van der Waals surface area contributed by atoms with E-state index in [0.29, 0.717) is 6.29 Å². The average molecular weight is 172 g/mol. The molecule has 0 aliphatic carbocycles. The van der Waals surface area contributed by atoms with Crippen LogP contribution >= 0.6 is 11.3 Å². The lowest BCUT2D eigenvalue weighted by atomic mass is 10.4. The summed E-state index contributed by atoms with van der Waals surface area (Å²) >= 11 is 0.911. The topological polar surface area (TPSA) is 86.2 Å². The maximum Gasteiger partial charge on any atom is 0.303 e. The van der Waals surface area contributed by atoms with Gasteiger partial charge < -0.3 is 5.73 Å². The van der Waals surface area contributed by atoms with E-state index in [1.54, 1.807) is 0 Å². The zero-order valence-corrected chi connectivity index (χ0v) is 6.13. The predicted octanol–water partition coefficient (Wildman–Crippen LogP) is 1.05. The van der Waals surface area contributed by atoms with E-state index in [1.165, 1.54) is 0 Å². The van der Waals surface area contributed by atoms with Crippen LogP contribution in [0.3, 0.4) is 0 Å². The van der Waals surface area contributed by atoms with Gasteiger partial charge >= 0.3 is 5.69 Å². The summed E-state index contributed by atoms with van der Waals surface area (Å²) in [4.78, 5) is 20.0. The third-order valence-electron chi connectivity index (χ3n) is 1.07. The van der Waals surface area contributed by atoms with E-state index in [2.05, 4.69) is 0 Å². The standard InChI is InChI=1S/C5H4N2O3S/c6-5-4(7(9)10)1-3(2-8)11-5/h1-2H,6H2. The molecule has 1 aromatic rings. The molecule has 58 valence electrons. The highest BCUT2D eigenvalue weighted by molar-refractivity contribution is 7.18. The molecule has 0 amide bonds. The van der Waals surface area contributed by atoms with E-state index in [-0.39, 0.29) is 15.6 Å². The summed E-state index contributed by atoms with van der Waals surface area (Å²) < 4.78 is 0. The van der Waals surface area contributed by atoms with Crippen molar-refractivity contribution in [1.29, 1.82) is 0 Å². The maximum atomic E-state index is 10.2. The first-order chi connectivity index (χ1) is 5.15. The van der Waals surface area contributed by atoms with Crippen molar-refractivity contribution in [2.45, 2.75) is 0 Å². The second-order valence-electron chi connectivity index (χ2n) is 1.77. The molecule has 0 bridgehead atoms. The third kappa shape index (κ3) is 1.35. The van der Waals surface area contributed by atoms with Gasteiger partial charge in [0, 0.05) is 6.07 Å². The molecule has 11 heavy (non-hydrogen) atoms. The van der Waals surface area contributed by atoms with E-state index in [9.17, 15) is 14.9 Å². The van der Waals surface area contributed by atoms with Crippen LogP contribution in [0.4, 0.5) is 10.7 Å². The zero-order chi connectivity index (χ0) is 8.43. The number of nitrogens with zero attached hydrogens (tertiary/aromatic N) is 1. The molecule has 5 nitrogen and oxygen atoms in total. The van der Waals surface area contributed by atoms with Gasteiger partial charge in [0.2, 0.25) is 0 Å². The highest BCUT2D eigenvalue weighted by atomic mass is 32.1. The summed E-state index contributed by atoms with van der Waals surface area (Å²) in [5.74, 6) is 0. The minimum atomic E-state index is -0.612. The fourth-order valence-electron chi connectivity index (χ4n) is 0.615. The van der Waals surface area contributed by atoms with Crippen molar-refractivity contribution in [3.63, 3.8) is 0 Å². The number of carbonyl (C=O) groups excluding carboxylic acids is 1. The quantitative estimate of drug-likeness (QED) is 0.410. The van der Waals surface area contributed by atoms with Crippen LogP contribution < -0.4 is 5.73 Å². The Morgan fingerprint density at radius 3 is 2.64 bits per heavy atom. The Morgan fingerprint density at radius 2 is 2.36 bits per heavy atom. The Bertz CT molecular complexity index is 307. The van der Waals surface area contributed by atoms with E-state index in [0.717, 1.165) is 17.4 Å². The molecule has 1 aromatic heterocycles. The number of carbonyl (C=O) groups is 1. The largest absolute Gasteiger partial charge is 0.385 e. The minimum Gasteiger partial charge on any atom is -0.385 e. The molecule has 0 saturated carbocycles. The molecule has 1 heterocycles. The van der Waals surface area contributed by atoms with Crippen molar-refractivity contribution in [1.82, 2.24) is 0 Å². The summed E-state index contributed by atoms with van der Waals surface area (Å²) in [5.41, 5.74) is 5.04. The number of aldehydes is 1. The number of nitrogens with two attached hydrogens (primary N) is 1. The Hall–Kier alpha value is -1.43. The molecule has 0 aliphatic rings. The van der Waals surface area contributed by atoms with Crippen LogP contribution in [0.5, 0.6) is 0 Å². The third-order valence-corrected chi connectivity index (χ3v) is 1.95. The SMILES string of the molecule is Nc1sc(C=O)cc1[N+](=O)[O-]. The number of rotatable bonds is 2. The summed E-state index contributed by atoms with van der Waals surface area (Å²) in [6.07, 6.45) is 0.536. The Balaban J connectivity index is 3.16. The molecule has 0 fully saturated rings. The van der Waals surface area contributed by atoms with Crippen LogP contribution in [0.2, 0.25) is 0 Å². The average Bonchev–Trinajstić information content (AvgIpc) is 2.30. The van der Waals surface area contributed by atoms with Crippen molar-refractivity contribution in [3.05, 3.63) is 21.1 Å². The second-order valence-corrected chi connectivity index (χ2v) is 2.89. The van der Waals surface area contributed by atoms with Crippen molar-refractivity contribution in [2.75, 3.05) is 5.73 Å². The lowest BCUT2D eigenvalue weighted by Gasteiger charge is -1.83. The van der Waals surface area contributed by atoms with Gasteiger partial charge in [-0.3, -0.25) is 14.9 Å². The number of nitro groups is 1. The first-order valence-corrected chi connectivity index (χ1v) is 3.45. The van der Waals surface area contributed by atoms with Gasteiger partial charge in [-0.2, -0.15) is 0 Å². The number of thiophene rings is 1. The molecule has 0 unspecified atom stereocenters. The molecule has 6 heteroatoms. The number of nitrogen functional groups attached to an aromatic ring is 1. The molecule has 2 N–H and O–H groups in total. The first kappa shape index (κ1) is 7.67. The highest BCUT2D eigenvalue weighted by Gasteiger charge is 2.15. The van der Waals surface area contributed by atoms with Crippen molar-refractivity contribution in [3.8, 4) is 0 Å². The Labute approximate surface area is 65.6 Å². The molecular formula is C5H4N2O3S. The number of hydrogen-bond donors (Lipinski definition) is 1. The van der Waals surface area contributed by atoms with Gasteiger partial charge in [0.1, 0.15) is 0 Å². The van der Waals surface area contributed by atoms with Crippen LogP contribution in [0, 0.1) is 10.1 Å². The fourth-order valence-corrected chi connectivity index (χ4v) is 1.33. The molecule has 0 aromatic carbocycles. The summed E-state index contributed by atoms with van der Waals surface area (Å²) in [6.45, 7) is 0. The van der Waals surface area contributed by atoms with Gasteiger partial charge in [-0.25, -0.2) is 0 Å². The molecule has 0 atom stereocenters. The molecular weight excluding hydrogens is 168 g/mol. The number of hydrogen-bond acceptors (Lipinski definition) is 5. The lowest BCUT2D eigenvalue weighted by Crippen LogP contribution is -1.89. The van der Waals surface area contributed by atoms with E-state index in [1.807, 2.05) is 0 Å². The highest BCUT2D eigenvalue weighted by Crippen LogP contribution is 2.30. The van der Waals surface area contributed by atoms with Crippen molar-refractivity contribution < 1.29 is 9.72 Å². The van der Waals surface area contributed by atoms with Crippen molar-refractivity contribution in [2.24, 2.45) is 0 Å². The predicted molar refractivity (Wildman–Crippen MR) is 40.8 cm³/mol. The van der Waals surface area contributed by atoms with Crippen molar-refractivity contribution >= 4 is 28.3 Å². The monoisotopic (exact) mass is 172 g/mol. The van der Waals surface area contributed by atoms with E-state index >= 15 is 0 Å². The smallest absolute Gasteiger partial charge is 0.303 e. The molecule has 1 rings (SSSR count). The summed E-state index contributed by atoms with van der Waals surface area (Å²) in [6, 6.07) is 1.16. The van der Waals surface area contributed by atoms with Crippen LogP contribution in [0.25, 0.3) is 0 Å². The van der Waals surface area contributed by atoms with Crippen LogP contribution in [-0.4, -0.2) is 11.2 Å². The van der Waals surface area contributed by atoms with Crippen LogP contribution in [-0.2, 0) is 0 Å². The molecule has 0 saturated heterocycles. The van der Waals surface area contributed by atoms with Gasteiger partial charge in [-0.15, -0.1) is 11.3 Å². The maximum absolute atomic E-state index is 10.2. The van der Waals surface area contributed by atoms with Gasteiger partial charge in [-0.1, -0.05) is 0 Å². The van der Waals surface area contributed by atoms with Gasteiger partial charge in [0.25, 0.3) is 0 Å². The van der Waals surface area contributed by atoms with Gasteiger partial charge in [0.05, 0.1) is 9.80 Å². The number of anilines is 1. The van der Waals surface area contributed by atoms with Gasteiger partial charge in [-0.05, 0) is 0 Å². The fraction of sp³-hybridized carbons (Fsp3) is 0. The molecule has 0 spiro atoms. The Kier molecular flexibility index (Phi) is 1.86. The minimum absolute atomic E-state index is 0.0668. The van der Waals surface area contributed by atoms with E-state index < -0.39 is 4.92 Å². The van der Waals surface area contributed by atoms with Crippen LogP contribution in [0.15, 0.2) is 6.07 Å². The molecule has 0 radical (unpaired) electrons. The summed E-state index contributed by atoms with van der Waals surface area (Å²) in [5, 5.41) is 10.2. The second kappa shape index (κ2) is 2.67. The molecule has 0 aliphatic heterocycles. The first-order valence-electron chi connectivity index (χ1n) is 2.64. The van der Waals surface area contributed by atoms with E-state index in [4.69, 9.17) is 5.73 Å². The lowest BCUT2D eigenvalue weighted by molar-refractivity contribution is -0.383. The van der Waals surface area contributed by atoms with Crippen LogP contribution in [0.1, 0.15) is 9.67 Å². The zero-order valence-electron chi connectivity index (χ0n) is 5.31. The van der Waals surface area contributed by atoms with Gasteiger partial charge in [0.15, 0.2) is 11.3 Å². The Morgan fingerprint density at radius 1 is 1.73 bits per heavy atom. The summed E-state index contributed by atoms with van der Waals surface area (Å²) in [7, 11) is 0.